The SMILES string of the molecule is N#C/C(=C/Nc1ccc(Cl)cc1)C(=O)Nc1cccc(C(F)(F)F)c1. The summed E-state index contributed by atoms with van der Waals surface area (Å²) in [6.45, 7) is 0. The number of halogens is 4. The van der Waals surface area contributed by atoms with Gasteiger partial charge in [0.2, 0.25) is 0 Å². The van der Waals surface area contributed by atoms with Gasteiger partial charge >= 0.3 is 6.18 Å². The van der Waals surface area contributed by atoms with Gasteiger partial charge in [0.15, 0.2) is 0 Å². The fourth-order valence-electron chi connectivity index (χ4n) is 1.82. The molecule has 0 aromatic heterocycles. The molecule has 8 heteroatoms. The molecule has 0 saturated carbocycles. The minimum Gasteiger partial charge on any atom is -0.360 e. The Morgan fingerprint density at radius 2 is 1.80 bits per heavy atom. The number of alkyl halides is 3. The van der Waals surface area contributed by atoms with E-state index in [1.807, 2.05) is 0 Å². The Balaban J connectivity index is 2.11. The first-order valence-corrected chi connectivity index (χ1v) is 7.28. The Labute approximate surface area is 146 Å². The molecule has 2 aromatic carbocycles. The van der Waals surface area contributed by atoms with Crippen LogP contribution in [0.2, 0.25) is 5.02 Å². The fourth-order valence-corrected chi connectivity index (χ4v) is 1.95. The van der Waals surface area contributed by atoms with Crippen LogP contribution in [0.15, 0.2) is 60.3 Å². The van der Waals surface area contributed by atoms with Gasteiger partial charge in [0.25, 0.3) is 5.91 Å². The van der Waals surface area contributed by atoms with Crippen molar-refractivity contribution in [2.45, 2.75) is 6.18 Å². The molecule has 128 valence electrons. The lowest BCUT2D eigenvalue weighted by Gasteiger charge is -2.09. The zero-order valence-electron chi connectivity index (χ0n) is 12.6. The molecule has 0 saturated heterocycles. The number of nitriles is 1. The van der Waals surface area contributed by atoms with Gasteiger partial charge in [-0.3, -0.25) is 4.79 Å². The zero-order chi connectivity index (χ0) is 18.4. The van der Waals surface area contributed by atoms with E-state index in [0.717, 1.165) is 18.3 Å². The molecule has 25 heavy (non-hydrogen) atoms. The van der Waals surface area contributed by atoms with E-state index in [1.54, 1.807) is 30.3 Å². The maximum absolute atomic E-state index is 12.7. The third kappa shape index (κ3) is 5.26. The van der Waals surface area contributed by atoms with E-state index in [4.69, 9.17) is 16.9 Å². The molecule has 0 heterocycles. The molecule has 2 rings (SSSR count). The maximum Gasteiger partial charge on any atom is 0.416 e. The highest BCUT2D eigenvalue weighted by Gasteiger charge is 2.30. The van der Waals surface area contributed by atoms with Crippen molar-refractivity contribution in [3.8, 4) is 6.07 Å². The summed E-state index contributed by atoms with van der Waals surface area (Å²) in [5.74, 6) is -0.830. The van der Waals surface area contributed by atoms with E-state index in [2.05, 4.69) is 10.6 Å². The first-order valence-electron chi connectivity index (χ1n) is 6.90. The van der Waals surface area contributed by atoms with Crippen LogP contribution in [-0.4, -0.2) is 5.91 Å². The normalized spacial score (nSPS) is 11.6. The molecule has 0 radical (unpaired) electrons. The monoisotopic (exact) mass is 365 g/mol. The van der Waals surface area contributed by atoms with Crippen molar-refractivity contribution in [2.24, 2.45) is 0 Å². The number of carbonyl (C=O) groups is 1. The number of anilines is 2. The highest BCUT2D eigenvalue weighted by molar-refractivity contribution is 6.30. The summed E-state index contributed by atoms with van der Waals surface area (Å²) in [4.78, 5) is 12.0. The van der Waals surface area contributed by atoms with Crippen LogP contribution >= 0.6 is 11.6 Å². The number of benzene rings is 2. The van der Waals surface area contributed by atoms with Crippen LogP contribution in [0.3, 0.4) is 0 Å². The van der Waals surface area contributed by atoms with Crippen LogP contribution in [0.5, 0.6) is 0 Å². The smallest absolute Gasteiger partial charge is 0.360 e. The summed E-state index contributed by atoms with van der Waals surface area (Å²) >= 11 is 5.75. The van der Waals surface area contributed by atoms with Crippen molar-refractivity contribution in [3.63, 3.8) is 0 Å². The summed E-state index contributed by atoms with van der Waals surface area (Å²) in [5.41, 5.74) is -0.670. The number of carbonyl (C=O) groups excluding carboxylic acids is 1. The molecule has 0 atom stereocenters. The predicted octanol–water partition coefficient (Wildman–Crippen LogP) is 4.82. The third-order valence-corrected chi connectivity index (χ3v) is 3.29. The Bertz CT molecular complexity index is 839. The van der Waals surface area contributed by atoms with Crippen molar-refractivity contribution in [1.82, 2.24) is 0 Å². The van der Waals surface area contributed by atoms with Gasteiger partial charge in [0.1, 0.15) is 11.6 Å². The summed E-state index contributed by atoms with van der Waals surface area (Å²) < 4.78 is 38.0. The second-order valence-corrected chi connectivity index (χ2v) is 5.29. The number of nitrogens with one attached hydrogen (secondary N) is 2. The Morgan fingerprint density at radius 1 is 1.12 bits per heavy atom. The van der Waals surface area contributed by atoms with Gasteiger partial charge in [-0.2, -0.15) is 18.4 Å². The number of hydrogen-bond donors (Lipinski definition) is 2. The van der Waals surface area contributed by atoms with Crippen LogP contribution in [0.25, 0.3) is 0 Å². The Morgan fingerprint density at radius 3 is 2.40 bits per heavy atom. The van der Waals surface area contributed by atoms with Crippen LogP contribution in [-0.2, 0) is 11.0 Å². The standard InChI is InChI=1S/C17H11ClF3N3O/c18-13-4-6-14(7-5-13)23-10-11(9-22)16(25)24-15-3-1-2-12(8-15)17(19,20)21/h1-8,10,23H,(H,24,25)/b11-10-. The van der Waals surface area contributed by atoms with Crippen LogP contribution < -0.4 is 10.6 Å². The largest absolute Gasteiger partial charge is 0.416 e. The van der Waals surface area contributed by atoms with Gasteiger partial charge in [-0.1, -0.05) is 17.7 Å². The minimum absolute atomic E-state index is 0.0625. The van der Waals surface area contributed by atoms with Gasteiger partial charge in [-0.05, 0) is 42.5 Å². The van der Waals surface area contributed by atoms with E-state index < -0.39 is 17.6 Å². The lowest BCUT2D eigenvalue weighted by molar-refractivity contribution is -0.137. The van der Waals surface area contributed by atoms with E-state index in [0.29, 0.717) is 10.7 Å². The molecule has 0 unspecified atom stereocenters. The predicted molar refractivity (Wildman–Crippen MR) is 88.8 cm³/mol. The quantitative estimate of drug-likeness (QED) is 0.603. The maximum atomic E-state index is 12.7. The number of hydrogen-bond acceptors (Lipinski definition) is 3. The summed E-state index contributed by atoms with van der Waals surface area (Å²) in [6.07, 6.45) is -3.36. The first-order chi connectivity index (χ1) is 11.8. The van der Waals surface area contributed by atoms with Crippen molar-refractivity contribution >= 4 is 28.9 Å². The van der Waals surface area contributed by atoms with E-state index >= 15 is 0 Å². The highest BCUT2D eigenvalue weighted by atomic mass is 35.5. The van der Waals surface area contributed by atoms with Crippen molar-refractivity contribution < 1.29 is 18.0 Å². The third-order valence-electron chi connectivity index (χ3n) is 3.04. The molecule has 0 bridgehead atoms. The van der Waals surface area contributed by atoms with Crippen LogP contribution in [0, 0.1) is 11.3 Å². The number of rotatable bonds is 4. The molecule has 0 aliphatic heterocycles. The molecule has 1 amide bonds. The van der Waals surface area contributed by atoms with Gasteiger partial charge in [0.05, 0.1) is 5.56 Å². The van der Waals surface area contributed by atoms with Crippen LogP contribution in [0.4, 0.5) is 24.5 Å². The summed E-state index contributed by atoms with van der Waals surface area (Å²) in [6, 6.07) is 12.3. The summed E-state index contributed by atoms with van der Waals surface area (Å²) in [7, 11) is 0. The first kappa shape index (κ1) is 18.4. The summed E-state index contributed by atoms with van der Waals surface area (Å²) in [5, 5.41) is 14.6. The van der Waals surface area contributed by atoms with E-state index in [9.17, 15) is 18.0 Å². The average Bonchev–Trinajstić information content (AvgIpc) is 2.56. The fraction of sp³-hybridized carbons (Fsp3) is 0.0588. The van der Waals surface area contributed by atoms with E-state index in [-0.39, 0.29) is 11.3 Å². The second kappa shape index (κ2) is 7.73. The Kier molecular flexibility index (Phi) is 5.67. The lowest BCUT2D eigenvalue weighted by atomic mass is 10.2. The molecule has 2 aromatic rings. The van der Waals surface area contributed by atoms with Gasteiger partial charge in [-0.15, -0.1) is 0 Å². The lowest BCUT2D eigenvalue weighted by Crippen LogP contribution is -2.15. The topological polar surface area (TPSA) is 64.9 Å². The molecular formula is C17H11ClF3N3O. The average molecular weight is 366 g/mol. The number of amides is 1. The van der Waals surface area contributed by atoms with Crippen molar-refractivity contribution in [3.05, 3.63) is 70.9 Å². The zero-order valence-corrected chi connectivity index (χ0v) is 13.3. The molecule has 4 nitrogen and oxygen atoms in total. The van der Waals surface area contributed by atoms with Crippen molar-refractivity contribution in [2.75, 3.05) is 10.6 Å². The van der Waals surface area contributed by atoms with Crippen molar-refractivity contribution in [1.29, 1.82) is 5.26 Å². The second-order valence-electron chi connectivity index (χ2n) is 4.85. The number of nitrogens with zero attached hydrogens (tertiary/aromatic N) is 1. The van der Waals surface area contributed by atoms with Gasteiger partial charge < -0.3 is 10.6 Å². The minimum atomic E-state index is -4.52. The van der Waals surface area contributed by atoms with Gasteiger partial charge in [-0.25, -0.2) is 0 Å². The molecular weight excluding hydrogens is 355 g/mol. The molecule has 0 spiro atoms. The van der Waals surface area contributed by atoms with Crippen LogP contribution in [0.1, 0.15) is 5.56 Å². The highest BCUT2D eigenvalue weighted by Crippen LogP contribution is 2.30. The van der Waals surface area contributed by atoms with Gasteiger partial charge in [0, 0.05) is 22.6 Å². The molecule has 0 fully saturated rings. The molecule has 0 aliphatic rings. The van der Waals surface area contributed by atoms with E-state index in [1.165, 1.54) is 12.1 Å². The Hall–Kier alpha value is -2.98. The molecule has 0 aliphatic carbocycles. The molecule has 2 N–H and O–H groups in total.